The second kappa shape index (κ2) is 5.13. The van der Waals surface area contributed by atoms with E-state index in [9.17, 15) is 4.79 Å². The van der Waals surface area contributed by atoms with E-state index in [1.54, 1.807) is 0 Å². The van der Waals surface area contributed by atoms with Crippen molar-refractivity contribution >= 4 is 5.97 Å². The van der Waals surface area contributed by atoms with Crippen molar-refractivity contribution < 1.29 is 9.90 Å². The van der Waals surface area contributed by atoms with Crippen LogP contribution in [0.1, 0.15) is 12.8 Å². The molecule has 1 aliphatic rings. The smallest absolute Gasteiger partial charge is 0.317 e. The van der Waals surface area contributed by atoms with Crippen molar-refractivity contribution in [2.75, 3.05) is 6.54 Å². The van der Waals surface area contributed by atoms with Gasteiger partial charge in [0.25, 0.3) is 0 Å². The van der Waals surface area contributed by atoms with Gasteiger partial charge in [-0.2, -0.15) is 0 Å². The molecule has 1 rings (SSSR count). The van der Waals surface area contributed by atoms with Gasteiger partial charge in [0.1, 0.15) is 0 Å². The van der Waals surface area contributed by atoms with Crippen LogP contribution in [-0.2, 0) is 4.79 Å². The van der Waals surface area contributed by atoms with Gasteiger partial charge in [-0.3, -0.25) is 4.79 Å². The van der Waals surface area contributed by atoms with Gasteiger partial charge in [-0.15, -0.1) is 11.8 Å². The number of nitrogens with two attached hydrogens (primary N) is 1. The van der Waals surface area contributed by atoms with Crippen molar-refractivity contribution in [1.29, 1.82) is 0 Å². The molecule has 0 saturated carbocycles. The van der Waals surface area contributed by atoms with E-state index in [4.69, 9.17) is 5.11 Å². The van der Waals surface area contributed by atoms with Crippen LogP contribution in [0.25, 0.3) is 0 Å². The summed E-state index contributed by atoms with van der Waals surface area (Å²) in [7, 11) is 0. The number of carboxylic acids is 1. The van der Waals surface area contributed by atoms with Gasteiger partial charge in [-0.25, -0.2) is 0 Å². The SMILES string of the molecule is C1#CCC1.NCC(=O)O. The highest BCUT2D eigenvalue weighted by Crippen LogP contribution is 1.90. The van der Waals surface area contributed by atoms with Gasteiger partial charge in [0.2, 0.25) is 0 Å². The molecule has 3 nitrogen and oxygen atoms in total. The van der Waals surface area contributed by atoms with Gasteiger partial charge < -0.3 is 10.8 Å². The van der Waals surface area contributed by atoms with Gasteiger partial charge in [0.15, 0.2) is 0 Å². The summed E-state index contributed by atoms with van der Waals surface area (Å²) in [5.74, 6) is 4.75. The quantitative estimate of drug-likeness (QED) is 0.480. The fourth-order valence-corrected chi connectivity index (χ4v) is 0.125. The number of rotatable bonds is 1. The first-order chi connectivity index (χ1) is 4.27. The Morgan fingerprint density at radius 3 is 1.78 bits per heavy atom. The lowest BCUT2D eigenvalue weighted by Crippen LogP contribution is -2.10. The van der Waals surface area contributed by atoms with Crippen molar-refractivity contribution in [1.82, 2.24) is 0 Å². The molecule has 0 fully saturated rings. The standard InChI is InChI=1S/C4H4.C2H5NO2/c1-2-4-3-1;3-1-2(4)5/h1-2H2;1,3H2,(H,4,5). The Bertz CT molecular complexity index is 135. The molecular weight excluding hydrogens is 118 g/mol. The second-order valence-electron chi connectivity index (χ2n) is 1.45. The Hall–Kier alpha value is -1.01. The summed E-state index contributed by atoms with van der Waals surface area (Å²) in [5.41, 5.74) is 4.57. The lowest BCUT2D eigenvalue weighted by Gasteiger charge is -1.84. The van der Waals surface area contributed by atoms with Gasteiger partial charge in [-0.1, -0.05) is 0 Å². The lowest BCUT2D eigenvalue weighted by molar-refractivity contribution is -0.135. The highest BCUT2D eigenvalue weighted by Gasteiger charge is 1.81. The largest absolute Gasteiger partial charge is 0.480 e. The molecule has 0 bridgehead atoms. The number of hydrogen-bond donors (Lipinski definition) is 2. The van der Waals surface area contributed by atoms with Crippen molar-refractivity contribution in [2.24, 2.45) is 5.73 Å². The maximum Gasteiger partial charge on any atom is 0.317 e. The minimum absolute atomic E-state index is 0.278. The second-order valence-corrected chi connectivity index (χ2v) is 1.45. The molecule has 0 unspecified atom stereocenters. The molecule has 0 saturated heterocycles. The van der Waals surface area contributed by atoms with Crippen molar-refractivity contribution in [3.05, 3.63) is 0 Å². The van der Waals surface area contributed by atoms with E-state index in [0.717, 1.165) is 12.8 Å². The molecule has 1 aliphatic carbocycles. The van der Waals surface area contributed by atoms with Crippen LogP contribution < -0.4 is 5.73 Å². The average molecular weight is 127 g/mol. The predicted molar refractivity (Wildman–Crippen MR) is 33.7 cm³/mol. The van der Waals surface area contributed by atoms with Crippen LogP contribution in [0.2, 0.25) is 0 Å². The molecule has 9 heavy (non-hydrogen) atoms. The minimum atomic E-state index is -0.968. The Balaban J connectivity index is 0.000000144. The van der Waals surface area contributed by atoms with Crippen LogP contribution in [0.4, 0.5) is 0 Å². The van der Waals surface area contributed by atoms with Gasteiger partial charge in [-0.05, 0) is 0 Å². The third-order valence-corrected chi connectivity index (χ3v) is 0.675. The van der Waals surface area contributed by atoms with Crippen LogP contribution >= 0.6 is 0 Å². The lowest BCUT2D eigenvalue weighted by atomic mass is 10.2. The Morgan fingerprint density at radius 2 is 1.78 bits per heavy atom. The van der Waals surface area contributed by atoms with Crippen LogP contribution in [0, 0.1) is 11.8 Å². The highest BCUT2D eigenvalue weighted by molar-refractivity contribution is 5.68. The molecule has 0 radical (unpaired) electrons. The van der Waals surface area contributed by atoms with Crippen LogP contribution in [0.3, 0.4) is 0 Å². The summed E-state index contributed by atoms with van der Waals surface area (Å²) in [6, 6.07) is 0. The Kier molecular flexibility index (Phi) is 4.56. The van der Waals surface area contributed by atoms with E-state index in [0.29, 0.717) is 0 Å². The number of hydrogen-bond acceptors (Lipinski definition) is 2. The van der Waals surface area contributed by atoms with Crippen molar-refractivity contribution in [3.8, 4) is 11.8 Å². The van der Waals surface area contributed by atoms with Gasteiger partial charge >= 0.3 is 5.97 Å². The first kappa shape index (κ1) is 7.99. The van der Waals surface area contributed by atoms with Crippen LogP contribution in [0.5, 0.6) is 0 Å². The summed E-state index contributed by atoms with van der Waals surface area (Å²) in [6.07, 6.45) is 2.28. The van der Waals surface area contributed by atoms with Crippen molar-refractivity contribution in [3.63, 3.8) is 0 Å². The normalized spacial score (nSPS) is 11.2. The zero-order valence-electron chi connectivity index (χ0n) is 5.05. The van der Waals surface area contributed by atoms with E-state index in [1.165, 1.54) is 0 Å². The fourth-order valence-electron chi connectivity index (χ4n) is 0.125. The van der Waals surface area contributed by atoms with Gasteiger partial charge in [0, 0.05) is 12.8 Å². The van der Waals surface area contributed by atoms with E-state index < -0.39 is 5.97 Å². The molecule has 0 aromatic heterocycles. The first-order valence-corrected chi connectivity index (χ1v) is 2.65. The van der Waals surface area contributed by atoms with Crippen molar-refractivity contribution in [2.45, 2.75) is 12.8 Å². The molecule has 0 aromatic carbocycles. The third kappa shape index (κ3) is 6.99. The molecule has 0 aliphatic heterocycles. The van der Waals surface area contributed by atoms with E-state index in [1.807, 2.05) is 0 Å². The molecule has 0 spiro atoms. The fraction of sp³-hybridized carbons (Fsp3) is 0.500. The predicted octanol–water partition coefficient (Wildman–Crippen LogP) is -0.187. The zero-order chi connectivity index (χ0) is 7.11. The molecule has 0 amide bonds. The Morgan fingerprint density at radius 1 is 1.56 bits per heavy atom. The average Bonchev–Trinajstić information content (AvgIpc) is 1.61. The molecule has 50 valence electrons. The summed E-state index contributed by atoms with van der Waals surface area (Å²) >= 11 is 0. The highest BCUT2D eigenvalue weighted by atomic mass is 16.4. The summed E-state index contributed by atoms with van der Waals surface area (Å²) in [4.78, 5) is 9.24. The Labute approximate surface area is 53.9 Å². The van der Waals surface area contributed by atoms with E-state index in [-0.39, 0.29) is 6.54 Å². The molecular formula is C6H9NO2. The topological polar surface area (TPSA) is 63.3 Å². The van der Waals surface area contributed by atoms with E-state index >= 15 is 0 Å². The molecule has 0 heterocycles. The molecule has 0 aromatic rings. The molecule has 3 heteroatoms. The summed E-state index contributed by atoms with van der Waals surface area (Å²) < 4.78 is 0. The minimum Gasteiger partial charge on any atom is -0.480 e. The maximum atomic E-state index is 9.24. The zero-order valence-corrected chi connectivity index (χ0v) is 5.05. The van der Waals surface area contributed by atoms with E-state index in [2.05, 4.69) is 17.6 Å². The monoisotopic (exact) mass is 127 g/mol. The molecule has 3 N–H and O–H groups in total. The number of carbonyl (C=O) groups is 1. The van der Waals surface area contributed by atoms with Gasteiger partial charge in [0.05, 0.1) is 6.54 Å². The van der Waals surface area contributed by atoms with Crippen LogP contribution in [-0.4, -0.2) is 17.6 Å². The summed E-state index contributed by atoms with van der Waals surface area (Å²) in [5, 5.41) is 7.60. The maximum absolute atomic E-state index is 9.24. The summed E-state index contributed by atoms with van der Waals surface area (Å²) in [6.45, 7) is -0.278. The third-order valence-electron chi connectivity index (χ3n) is 0.675. The number of carboxylic acid groups (broad SMARTS) is 1. The number of aliphatic carboxylic acids is 1. The molecule has 0 atom stereocenters. The van der Waals surface area contributed by atoms with Crippen LogP contribution in [0.15, 0.2) is 0 Å². The first-order valence-electron chi connectivity index (χ1n) is 2.65.